The second kappa shape index (κ2) is 5.76. The fourth-order valence-electron chi connectivity index (χ4n) is 5.39. The molecule has 1 aromatic carbocycles. The highest BCUT2D eigenvalue weighted by Gasteiger charge is 2.73. The van der Waals surface area contributed by atoms with Gasteiger partial charge in [0.1, 0.15) is 0 Å². The molecule has 2 unspecified atom stereocenters. The first-order valence-corrected chi connectivity index (χ1v) is 10.3. The van der Waals surface area contributed by atoms with Gasteiger partial charge in [-0.3, -0.25) is 4.79 Å². The number of carbonyl (C=O) groups is 1. The van der Waals surface area contributed by atoms with Crippen molar-refractivity contribution in [2.45, 2.75) is 78.1 Å². The van der Waals surface area contributed by atoms with Crippen LogP contribution in [0.5, 0.6) is 0 Å². The zero-order valence-corrected chi connectivity index (χ0v) is 17.5. The molecular formula is C23H31N3O. The summed E-state index contributed by atoms with van der Waals surface area (Å²) in [5.41, 5.74) is 5.36. The van der Waals surface area contributed by atoms with Crippen LogP contribution in [-0.2, 0) is 15.6 Å². The van der Waals surface area contributed by atoms with Gasteiger partial charge >= 0.3 is 0 Å². The summed E-state index contributed by atoms with van der Waals surface area (Å²) in [4.78, 5) is 23.7. The second-order valence-corrected chi connectivity index (χ2v) is 9.32. The summed E-state index contributed by atoms with van der Waals surface area (Å²) in [5, 5.41) is 3.22. The number of hydrogen-bond donors (Lipinski definition) is 1. The van der Waals surface area contributed by atoms with Crippen molar-refractivity contribution in [2.24, 2.45) is 5.41 Å². The average molecular weight is 366 g/mol. The Balaban J connectivity index is 1.93. The van der Waals surface area contributed by atoms with Crippen molar-refractivity contribution in [2.75, 3.05) is 6.54 Å². The van der Waals surface area contributed by atoms with Crippen molar-refractivity contribution in [1.82, 2.24) is 15.3 Å². The van der Waals surface area contributed by atoms with Gasteiger partial charge in [0.15, 0.2) is 0 Å². The topological polar surface area (TPSA) is 54.9 Å². The van der Waals surface area contributed by atoms with Gasteiger partial charge < -0.3 is 5.32 Å². The van der Waals surface area contributed by atoms with Gasteiger partial charge in [-0.2, -0.15) is 0 Å². The summed E-state index contributed by atoms with van der Waals surface area (Å²) in [6, 6.07) is 4.25. The van der Waals surface area contributed by atoms with Crippen molar-refractivity contribution in [1.29, 1.82) is 0 Å². The third kappa shape index (κ3) is 2.13. The number of aromatic nitrogens is 2. The maximum atomic E-state index is 13.5. The van der Waals surface area contributed by atoms with Gasteiger partial charge in [0.25, 0.3) is 0 Å². The van der Waals surface area contributed by atoms with Crippen LogP contribution < -0.4 is 5.32 Å². The first kappa shape index (κ1) is 18.4. The van der Waals surface area contributed by atoms with Crippen molar-refractivity contribution in [3.05, 3.63) is 34.6 Å². The third-order valence-corrected chi connectivity index (χ3v) is 7.86. The first-order chi connectivity index (χ1) is 12.7. The number of hydrogen-bond acceptors (Lipinski definition) is 3. The molecule has 4 nitrogen and oxygen atoms in total. The predicted molar refractivity (Wildman–Crippen MR) is 109 cm³/mol. The molecule has 1 fully saturated rings. The lowest BCUT2D eigenvalue weighted by Crippen LogP contribution is -2.51. The Morgan fingerprint density at radius 3 is 2.22 bits per heavy atom. The van der Waals surface area contributed by atoms with Gasteiger partial charge in [0.05, 0.1) is 27.8 Å². The lowest BCUT2D eigenvalue weighted by molar-refractivity contribution is -0.130. The van der Waals surface area contributed by atoms with Crippen molar-refractivity contribution >= 4 is 16.9 Å². The smallest absolute Gasteiger partial charge is 0.232 e. The van der Waals surface area contributed by atoms with Crippen molar-refractivity contribution in [3.63, 3.8) is 0 Å². The maximum Gasteiger partial charge on any atom is 0.232 e. The van der Waals surface area contributed by atoms with E-state index >= 15 is 0 Å². The lowest BCUT2D eigenvalue weighted by atomic mass is 9.63. The van der Waals surface area contributed by atoms with Crippen LogP contribution in [0.25, 0.3) is 11.0 Å². The highest BCUT2D eigenvalue weighted by Crippen LogP contribution is 2.70. The van der Waals surface area contributed by atoms with E-state index in [-0.39, 0.29) is 16.7 Å². The SMILES string of the molecule is CCCCNC(=O)C12CCC(C)(c3nc4cc(C)c(C)cc4nc31)C2(C)C. The number of fused-ring (bicyclic) bond motifs is 6. The van der Waals surface area contributed by atoms with Crippen LogP contribution in [0, 0.1) is 19.3 Å². The molecule has 1 N–H and O–H groups in total. The van der Waals surface area contributed by atoms with E-state index in [1.165, 1.54) is 11.1 Å². The molecule has 0 radical (unpaired) electrons. The molecule has 4 heteroatoms. The Morgan fingerprint density at radius 2 is 1.63 bits per heavy atom. The van der Waals surface area contributed by atoms with Crippen LogP contribution >= 0.6 is 0 Å². The number of unbranched alkanes of at least 4 members (excludes halogenated alkanes) is 1. The fourth-order valence-corrected chi connectivity index (χ4v) is 5.39. The summed E-state index contributed by atoms with van der Waals surface area (Å²) in [5.74, 6) is 0.140. The van der Waals surface area contributed by atoms with Crippen LogP contribution in [0.1, 0.15) is 75.9 Å². The summed E-state index contributed by atoms with van der Waals surface area (Å²) in [6.45, 7) is 13.9. The van der Waals surface area contributed by atoms with E-state index in [1.807, 2.05) is 0 Å². The number of nitrogens with one attached hydrogen (secondary N) is 1. The molecular weight excluding hydrogens is 334 g/mol. The van der Waals surface area contributed by atoms with Crippen molar-refractivity contribution < 1.29 is 4.79 Å². The molecule has 2 bridgehead atoms. The minimum atomic E-state index is -0.579. The number of benzene rings is 1. The van der Waals surface area contributed by atoms with E-state index in [9.17, 15) is 4.79 Å². The minimum absolute atomic E-state index is 0.121. The summed E-state index contributed by atoms with van der Waals surface area (Å²) in [6.07, 6.45) is 3.92. The Labute approximate surface area is 162 Å². The highest BCUT2D eigenvalue weighted by molar-refractivity contribution is 5.93. The van der Waals surface area contributed by atoms with E-state index < -0.39 is 5.41 Å². The number of carbonyl (C=O) groups excluding carboxylic acids is 1. The fraction of sp³-hybridized carbons (Fsp3) is 0.609. The Kier molecular flexibility index (Phi) is 3.93. The molecule has 2 aromatic rings. The van der Waals surface area contributed by atoms with E-state index in [1.54, 1.807) is 0 Å². The molecule has 4 rings (SSSR count). The lowest BCUT2D eigenvalue weighted by Gasteiger charge is -2.39. The molecule has 2 aliphatic rings. The largest absolute Gasteiger partial charge is 0.355 e. The Morgan fingerprint density at radius 1 is 1.04 bits per heavy atom. The molecule has 1 aromatic heterocycles. The molecule has 0 spiro atoms. The van der Waals surface area contributed by atoms with Crippen LogP contribution in [0.2, 0.25) is 0 Å². The Bertz CT molecular complexity index is 948. The Hall–Kier alpha value is -1.97. The quantitative estimate of drug-likeness (QED) is 0.812. The van der Waals surface area contributed by atoms with Crippen LogP contribution in [0.4, 0.5) is 0 Å². The standard InChI is InChI=1S/C23H31N3O/c1-7-8-11-24-20(27)23-10-9-22(6,21(23,4)5)18-19(23)26-17-13-15(3)14(2)12-16(17)25-18/h12-13H,7-11H2,1-6H3,(H,24,27). The van der Waals surface area contributed by atoms with Crippen LogP contribution in [-0.4, -0.2) is 22.4 Å². The van der Waals surface area contributed by atoms with Gasteiger partial charge in [0.2, 0.25) is 5.91 Å². The number of amides is 1. The molecule has 1 heterocycles. The molecule has 27 heavy (non-hydrogen) atoms. The number of nitrogens with zero attached hydrogens (tertiary/aromatic N) is 2. The third-order valence-electron chi connectivity index (χ3n) is 7.86. The molecule has 144 valence electrons. The summed E-state index contributed by atoms with van der Waals surface area (Å²) < 4.78 is 0. The molecule has 2 atom stereocenters. The van der Waals surface area contributed by atoms with E-state index in [4.69, 9.17) is 9.97 Å². The van der Waals surface area contributed by atoms with Crippen LogP contribution in [0.3, 0.4) is 0 Å². The average Bonchev–Trinajstić information content (AvgIpc) is 2.91. The van der Waals surface area contributed by atoms with Gasteiger partial charge in [0, 0.05) is 12.0 Å². The van der Waals surface area contributed by atoms with E-state index in [0.717, 1.165) is 54.6 Å². The van der Waals surface area contributed by atoms with Crippen LogP contribution in [0.15, 0.2) is 12.1 Å². The zero-order valence-electron chi connectivity index (χ0n) is 17.5. The number of aryl methyl sites for hydroxylation is 2. The minimum Gasteiger partial charge on any atom is -0.355 e. The highest BCUT2D eigenvalue weighted by atomic mass is 16.2. The predicted octanol–water partition coefficient (Wildman–Crippen LogP) is 4.49. The molecule has 0 aliphatic heterocycles. The van der Waals surface area contributed by atoms with Gasteiger partial charge in [-0.05, 0) is 61.8 Å². The van der Waals surface area contributed by atoms with Gasteiger partial charge in [-0.15, -0.1) is 0 Å². The summed E-state index contributed by atoms with van der Waals surface area (Å²) >= 11 is 0. The molecule has 0 saturated heterocycles. The molecule has 2 aliphatic carbocycles. The van der Waals surface area contributed by atoms with E-state index in [2.05, 4.69) is 59.0 Å². The van der Waals surface area contributed by atoms with Gasteiger partial charge in [-0.1, -0.05) is 34.1 Å². The number of rotatable bonds is 4. The summed E-state index contributed by atoms with van der Waals surface area (Å²) in [7, 11) is 0. The van der Waals surface area contributed by atoms with E-state index in [0.29, 0.717) is 0 Å². The normalized spacial score (nSPS) is 27.8. The zero-order chi connectivity index (χ0) is 19.6. The molecule has 1 amide bonds. The van der Waals surface area contributed by atoms with Gasteiger partial charge in [-0.25, -0.2) is 9.97 Å². The molecule has 1 saturated carbocycles. The van der Waals surface area contributed by atoms with Crippen molar-refractivity contribution in [3.8, 4) is 0 Å². The monoisotopic (exact) mass is 365 g/mol. The maximum absolute atomic E-state index is 13.5. The second-order valence-electron chi connectivity index (χ2n) is 9.32. The first-order valence-electron chi connectivity index (χ1n) is 10.3.